The molecule has 1 aromatic carbocycles. The van der Waals surface area contributed by atoms with Crippen molar-refractivity contribution in [3.05, 3.63) is 58.2 Å². The third kappa shape index (κ3) is 2.44. The minimum absolute atomic E-state index is 0.338. The van der Waals surface area contributed by atoms with Gasteiger partial charge in [-0.1, -0.05) is 39.3 Å². The van der Waals surface area contributed by atoms with Gasteiger partial charge in [0.2, 0.25) is 0 Å². The van der Waals surface area contributed by atoms with Crippen molar-refractivity contribution in [2.24, 2.45) is 0 Å². The Balaban J connectivity index is 2.00. The minimum atomic E-state index is -0.338. The van der Waals surface area contributed by atoms with E-state index in [2.05, 4.69) is 26.2 Å². The lowest BCUT2D eigenvalue weighted by atomic mass is 10.2. The highest BCUT2D eigenvalue weighted by Gasteiger charge is 2.07. The van der Waals surface area contributed by atoms with E-state index in [9.17, 15) is 4.79 Å². The molecule has 0 fully saturated rings. The quantitative estimate of drug-likeness (QED) is 0.549. The van der Waals surface area contributed by atoms with Crippen LogP contribution in [0.25, 0.3) is 11.0 Å². The first kappa shape index (κ1) is 12.1. The summed E-state index contributed by atoms with van der Waals surface area (Å²) in [5.41, 5.74) is 1.64. The molecule has 2 aromatic heterocycles. The van der Waals surface area contributed by atoms with Crippen molar-refractivity contribution in [3.8, 4) is 0 Å². The first-order valence-electron chi connectivity index (χ1n) is 5.73. The van der Waals surface area contributed by atoms with Crippen LogP contribution in [-0.4, -0.2) is 15.0 Å². The lowest BCUT2D eigenvalue weighted by Crippen LogP contribution is -2.12. The maximum absolute atomic E-state index is 11.9. The monoisotopic (exact) mass is 319 g/mol. The fourth-order valence-electron chi connectivity index (χ4n) is 1.87. The molecule has 0 unspecified atom stereocenters. The largest absolute Gasteiger partial charge is 0.422 e. The van der Waals surface area contributed by atoms with Gasteiger partial charge in [0.05, 0.1) is 17.8 Å². The summed E-state index contributed by atoms with van der Waals surface area (Å²) in [6.45, 7) is 0.354. The van der Waals surface area contributed by atoms with Gasteiger partial charge in [0.25, 0.3) is 0 Å². The van der Waals surface area contributed by atoms with Crippen molar-refractivity contribution in [2.45, 2.75) is 11.9 Å². The van der Waals surface area contributed by atoms with Gasteiger partial charge in [0, 0.05) is 16.9 Å². The molecule has 6 heteroatoms. The highest BCUT2D eigenvalue weighted by Crippen LogP contribution is 2.13. The first-order valence-corrected chi connectivity index (χ1v) is 6.85. The summed E-state index contributed by atoms with van der Waals surface area (Å²) in [5, 5.41) is 9.45. The lowest BCUT2D eigenvalue weighted by molar-refractivity contribution is 0.537. The molecule has 96 valence electrons. The number of alkyl halides is 1. The fraction of sp³-hybridized carbons (Fsp3) is 0.154. The maximum Gasteiger partial charge on any atom is 0.341 e. The Hall–Kier alpha value is -1.95. The smallest absolute Gasteiger partial charge is 0.341 e. The van der Waals surface area contributed by atoms with Crippen molar-refractivity contribution >= 4 is 26.9 Å². The Labute approximate surface area is 117 Å². The van der Waals surface area contributed by atoms with E-state index < -0.39 is 0 Å². The summed E-state index contributed by atoms with van der Waals surface area (Å²) in [6, 6.07) is 9.26. The average Bonchev–Trinajstić information content (AvgIpc) is 2.87. The van der Waals surface area contributed by atoms with Crippen LogP contribution in [0.2, 0.25) is 0 Å². The van der Waals surface area contributed by atoms with Crippen molar-refractivity contribution in [3.63, 3.8) is 0 Å². The molecular formula is C13H10BrN3O2. The van der Waals surface area contributed by atoms with E-state index in [1.165, 1.54) is 0 Å². The maximum atomic E-state index is 11.9. The molecule has 0 atom stereocenters. The molecule has 19 heavy (non-hydrogen) atoms. The van der Waals surface area contributed by atoms with Crippen LogP contribution >= 0.6 is 15.9 Å². The zero-order valence-electron chi connectivity index (χ0n) is 9.91. The number of para-hydroxylation sites is 1. The van der Waals surface area contributed by atoms with E-state index in [4.69, 9.17) is 4.42 Å². The minimum Gasteiger partial charge on any atom is -0.422 e. The summed E-state index contributed by atoms with van der Waals surface area (Å²) in [7, 11) is 0. The molecule has 0 radical (unpaired) electrons. The Kier molecular flexibility index (Phi) is 3.16. The van der Waals surface area contributed by atoms with Gasteiger partial charge in [0.15, 0.2) is 0 Å². The molecule has 0 saturated carbocycles. The molecule has 2 heterocycles. The third-order valence-electron chi connectivity index (χ3n) is 2.77. The van der Waals surface area contributed by atoms with Crippen LogP contribution in [0.1, 0.15) is 11.3 Å². The van der Waals surface area contributed by atoms with Gasteiger partial charge in [-0.3, -0.25) is 0 Å². The van der Waals surface area contributed by atoms with E-state index in [1.54, 1.807) is 16.9 Å². The molecule has 0 aliphatic rings. The van der Waals surface area contributed by atoms with Gasteiger partial charge >= 0.3 is 5.63 Å². The van der Waals surface area contributed by atoms with E-state index in [-0.39, 0.29) is 5.63 Å². The predicted octanol–water partition coefficient (Wildman–Crippen LogP) is 2.33. The number of halogens is 1. The first-order chi connectivity index (χ1) is 9.26. The SMILES string of the molecule is O=c1oc2ccccc2cc1Cn1cc(CBr)nn1. The second-order valence-corrected chi connectivity index (χ2v) is 4.70. The fourth-order valence-corrected chi connectivity index (χ4v) is 2.12. The van der Waals surface area contributed by atoms with Gasteiger partial charge in [-0.15, -0.1) is 5.10 Å². The molecule has 0 aliphatic carbocycles. The number of aromatic nitrogens is 3. The van der Waals surface area contributed by atoms with Crippen LogP contribution in [0.15, 0.2) is 45.7 Å². The highest BCUT2D eigenvalue weighted by molar-refractivity contribution is 9.08. The van der Waals surface area contributed by atoms with Crippen LogP contribution in [0.3, 0.4) is 0 Å². The Bertz CT molecular complexity index is 779. The predicted molar refractivity (Wildman–Crippen MR) is 74.2 cm³/mol. The van der Waals surface area contributed by atoms with E-state index in [1.807, 2.05) is 24.3 Å². The zero-order valence-corrected chi connectivity index (χ0v) is 11.5. The van der Waals surface area contributed by atoms with Crippen LogP contribution in [0.5, 0.6) is 0 Å². The molecule has 0 bridgehead atoms. The van der Waals surface area contributed by atoms with E-state index in [0.717, 1.165) is 11.1 Å². The van der Waals surface area contributed by atoms with E-state index >= 15 is 0 Å². The van der Waals surface area contributed by atoms with Crippen molar-refractivity contribution in [1.29, 1.82) is 0 Å². The van der Waals surface area contributed by atoms with Crippen LogP contribution in [0, 0.1) is 0 Å². The molecule has 0 N–H and O–H groups in total. The van der Waals surface area contributed by atoms with Gasteiger partial charge in [-0.2, -0.15) is 0 Å². The number of hydrogen-bond acceptors (Lipinski definition) is 4. The number of fused-ring (bicyclic) bond motifs is 1. The molecule has 0 spiro atoms. The Morgan fingerprint density at radius 2 is 2.16 bits per heavy atom. The molecule has 3 aromatic rings. The lowest BCUT2D eigenvalue weighted by Gasteiger charge is -2.01. The average molecular weight is 320 g/mol. The molecule has 5 nitrogen and oxygen atoms in total. The number of rotatable bonds is 3. The molecule has 0 amide bonds. The Morgan fingerprint density at radius 1 is 1.32 bits per heavy atom. The summed E-state index contributed by atoms with van der Waals surface area (Å²) in [4.78, 5) is 11.9. The Morgan fingerprint density at radius 3 is 2.95 bits per heavy atom. The van der Waals surface area contributed by atoms with Crippen LogP contribution < -0.4 is 5.63 Å². The summed E-state index contributed by atoms with van der Waals surface area (Å²) < 4.78 is 6.89. The standard InChI is InChI=1S/C13H10BrN3O2/c14-6-11-8-17(16-15-11)7-10-5-9-3-1-2-4-12(9)19-13(10)18/h1-5,8H,6-7H2. The van der Waals surface area contributed by atoms with Gasteiger partial charge < -0.3 is 4.42 Å². The van der Waals surface area contributed by atoms with Crippen LogP contribution in [0.4, 0.5) is 0 Å². The summed E-state index contributed by atoms with van der Waals surface area (Å²) in [5.74, 6) is 0. The van der Waals surface area contributed by atoms with Gasteiger partial charge in [-0.05, 0) is 12.1 Å². The van der Waals surface area contributed by atoms with Crippen molar-refractivity contribution < 1.29 is 4.42 Å². The molecule has 3 rings (SSSR count). The van der Waals surface area contributed by atoms with E-state index in [0.29, 0.717) is 23.0 Å². The second kappa shape index (κ2) is 4.97. The van der Waals surface area contributed by atoms with Crippen LogP contribution in [-0.2, 0) is 11.9 Å². The second-order valence-electron chi connectivity index (χ2n) is 4.14. The topological polar surface area (TPSA) is 60.9 Å². The van der Waals surface area contributed by atoms with Gasteiger partial charge in [-0.25, -0.2) is 9.48 Å². The molecule has 0 aliphatic heterocycles. The summed E-state index contributed by atoms with van der Waals surface area (Å²) >= 11 is 3.31. The number of hydrogen-bond donors (Lipinski definition) is 0. The highest BCUT2D eigenvalue weighted by atomic mass is 79.9. The molecular weight excluding hydrogens is 310 g/mol. The van der Waals surface area contributed by atoms with Crippen molar-refractivity contribution in [1.82, 2.24) is 15.0 Å². The summed E-state index contributed by atoms with van der Waals surface area (Å²) in [6.07, 6.45) is 1.80. The molecule has 0 saturated heterocycles. The van der Waals surface area contributed by atoms with Gasteiger partial charge in [0.1, 0.15) is 5.58 Å². The normalized spacial score (nSPS) is 11.0. The number of benzene rings is 1. The zero-order chi connectivity index (χ0) is 13.2. The third-order valence-corrected chi connectivity index (χ3v) is 3.34. The van der Waals surface area contributed by atoms with Crippen molar-refractivity contribution in [2.75, 3.05) is 0 Å². The number of nitrogens with zero attached hydrogens (tertiary/aromatic N) is 3.